The third-order valence-corrected chi connectivity index (χ3v) is 4.43. The van der Waals surface area contributed by atoms with Crippen molar-refractivity contribution in [1.82, 2.24) is 0 Å². The predicted octanol–water partition coefficient (Wildman–Crippen LogP) is -2.20. The summed E-state index contributed by atoms with van der Waals surface area (Å²) < 4.78 is 26.0. The van der Waals surface area contributed by atoms with E-state index in [0.717, 1.165) is 5.56 Å². The zero-order valence-electron chi connectivity index (χ0n) is 8.38. The molecule has 0 unspecified atom stereocenters. The zero-order valence-corrected chi connectivity index (χ0v) is 13.1. The Kier molecular flexibility index (Phi) is 6.77. The Morgan fingerprint density at radius 1 is 1.38 bits per heavy atom. The molecular formula is C9H10Br2ClNO2S. The number of nitrogens with one attached hydrogen (secondary N) is 1. The van der Waals surface area contributed by atoms with Crippen LogP contribution in [0.3, 0.4) is 0 Å². The predicted molar refractivity (Wildman–Crippen MR) is 64.0 cm³/mol. The largest absolute Gasteiger partial charge is 1.00 e. The van der Waals surface area contributed by atoms with Gasteiger partial charge in [-0.25, -0.2) is 0 Å². The highest BCUT2D eigenvalue weighted by atomic mass is 79.9. The molecule has 0 saturated carbocycles. The molecule has 90 valence electrons. The monoisotopic (exact) mass is 389 g/mol. The highest BCUT2D eigenvalue weighted by Gasteiger charge is 2.19. The molecule has 7 heteroatoms. The number of hydrogen-bond acceptors (Lipinski definition) is 2. The van der Waals surface area contributed by atoms with Gasteiger partial charge < -0.3 is 17.0 Å². The van der Waals surface area contributed by atoms with Crippen molar-refractivity contribution in [2.45, 2.75) is 11.8 Å². The minimum absolute atomic E-state index is 0. The Labute approximate surface area is 119 Å². The number of halogens is 3. The molecule has 0 amide bonds. The second kappa shape index (κ2) is 6.74. The summed E-state index contributed by atoms with van der Waals surface area (Å²) in [5.41, 5.74) is 1.01. The lowest BCUT2D eigenvalue weighted by molar-refractivity contribution is -0.263. The van der Waals surface area contributed by atoms with Crippen LogP contribution in [0.2, 0.25) is 0 Å². The van der Waals surface area contributed by atoms with Crippen molar-refractivity contribution < 1.29 is 29.8 Å². The standard InChI is InChI=1S/C9H9BrClNO2S.BrH/c1-7-2-4-8(5-3-7)15(13,14)12-9(10)6-11;/h2-5H,6H2,1H3;1H/b12-9-;. The number of hydrogen-bond donors (Lipinski definition) is 1. The van der Waals surface area contributed by atoms with E-state index in [0.29, 0.717) is 4.62 Å². The summed E-state index contributed by atoms with van der Waals surface area (Å²) in [4.78, 5) is 0.218. The van der Waals surface area contributed by atoms with Crippen molar-refractivity contribution in [3.8, 4) is 0 Å². The molecule has 1 N–H and O–H groups in total. The number of benzene rings is 1. The van der Waals surface area contributed by atoms with Gasteiger partial charge in [0.15, 0.2) is 0 Å². The third kappa shape index (κ3) is 4.53. The molecule has 1 rings (SSSR count). The Morgan fingerprint density at radius 3 is 2.31 bits per heavy atom. The maximum atomic E-state index is 11.7. The highest BCUT2D eigenvalue weighted by molar-refractivity contribution is 9.18. The van der Waals surface area contributed by atoms with Gasteiger partial charge in [-0.3, -0.25) is 0 Å². The smallest absolute Gasteiger partial charge is 0.393 e. The first-order valence-electron chi connectivity index (χ1n) is 4.12. The summed E-state index contributed by atoms with van der Waals surface area (Å²) in [5, 5.41) is 0. The van der Waals surface area contributed by atoms with Crippen molar-refractivity contribution in [3.63, 3.8) is 0 Å². The zero-order chi connectivity index (χ0) is 11.5. The van der Waals surface area contributed by atoms with Crippen molar-refractivity contribution in [2.75, 3.05) is 5.88 Å². The lowest BCUT2D eigenvalue weighted by Gasteiger charge is -1.95. The van der Waals surface area contributed by atoms with Gasteiger partial charge in [-0.15, -0.1) is 16.0 Å². The minimum Gasteiger partial charge on any atom is -1.00 e. The normalized spacial score (nSPS) is 12.1. The van der Waals surface area contributed by atoms with Gasteiger partial charge in [0.1, 0.15) is 10.8 Å². The molecule has 0 atom stereocenters. The van der Waals surface area contributed by atoms with Crippen LogP contribution in [0.25, 0.3) is 0 Å². The van der Waals surface area contributed by atoms with Crippen LogP contribution in [0.4, 0.5) is 0 Å². The Balaban J connectivity index is 0.00000225. The molecule has 0 aromatic heterocycles. The first-order chi connectivity index (χ1) is 6.95. The fourth-order valence-electron chi connectivity index (χ4n) is 0.949. The molecule has 0 radical (unpaired) electrons. The van der Waals surface area contributed by atoms with Crippen LogP contribution in [0.1, 0.15) is 5.56 Å². The molecular weight excluding hydrogens is 381 g/mol. The van der Waals surface area contributed by atoms with Crippen molar-refractivity contribution in [2.24, 2.45) is 0 Å². The second-order valence-electron chi connectivity index (χ2n) is 2.96. The Bertz CT molecular complexity index is 471. The van der Waals surface area contributed by atoms with Crippen molar-refractivity contribution >= 4 is 42.2 Å². The van der Waals surface area contributed by atoms with Gasteiger partial charge in [0.25, 0.3) is 0 Å². The van der Waals surface area contributed by atoms with Crippen molar-refractivity contribution in [3.05, 3.63) is 29.8 Å². The van der Waals surface area contributed by atoms with E-state index in [9.17, 15) is 8.42 Å². The fourth-order valence-corrected chi connectivity index (χ4v) is 2.71. The first kappa shape index (κ1) is 16.1. The quantitative estimate of drug-likeness (QED) is 0.470. The van der Waals surface area contributed by atoms with Gasteiger partial charge >= 0.3 is 10.0 Å². The topological polar surface area (TPSA) is 48.1 Å². The van der Waals surface area contributed by atoms with Crippen LogP contribution in [0, 0.1) is 6.92 Å². The van der Waals surface area contributed by atoms with Crippen LogP contribution >= 0.6 is 27.5 Å². The minimum atomic E-state index is -3.51. The van der Waals surface area contributed by atoms with E-state index in [1.165, 1.54) is 0 Å². The summed E-state index contributed by atoms with van der Waals surface area (Å²) in [6, 6.07) is 6.57. The van der Waals surface area contributed by atoms with Crippen LogP contribution < -0.4 is 21.4 Å². The van der Waals surface area contributed by atoms with Crippen LogP contribution in [0.15, 0.2) is 29.2 Å². The summed E-state index contributed by atoms with van der Waals surface area (Å²) in [6.07, 6.45) is 0. The van der Waals surface area contributed by atoms with Gasteiger partial charge in [-0.1, -0.05) is 17.7 Å². The molecule has 1 aromatic rings. The summed E-state index contributed by atoms with van der Waals surface area (Å²) >= 11 is 8.48. The van der Waals surface area contributed by atoms with Crippen molar-refractivity contribution in [1.29, 1.82) is 0 Å². The highest BCUT2D eigenvalue weighted by Crippen LogP contribution is 2.06. The molecule has 0 heterocycles. The van der Waals surface area contributed by atoms with Crippen LogP contribution in [0.5, 0.6) is 0 Å². The van der Waals surface area contributed by atoms with E-state index in [1.807, 2.05) is 6.92 Å². The van der Waals surface area contributed by atoms with Gasteiger partial charge in [-0.05, 0) is 19.1 Å². The average Bonchev–Trinajstić information content (AvgIpc) is 2.17. The average molecular weight is 392 g/mol. The van der Waals surface area contributed by atoms with E-state index in [2.05, 4.69) is 20.3 Å². The summed E-state index contributed by atoms with van der Waals surface area (Å²) in [6.45, 7) is 1.89. The molecule has 1 aromatic carbocycles. The molecule has 0 bridgehead atoms. The summed E-state index contributed by atoms with van der Waals surface area (Å²) in [5.74, 6) is 0.0884. The molecule has 0 spiro atoms. The Morgan fingerprint density at radius 2 is 1.88 bits per heavy atom. The molecule has 16 heavy (non-hydrogen) atoms. The van der Waals surface area contributed by atoms with Crippen LogP contribution in [-0.4, -0.2) is 18.9 Å². The number of rotatable bonds is 3. The van der Waals surface area contributed by atoms with Crippen LogP contribution in [-0.2, 0) is 10.0 Å². The third-order valence-electron chi connectivity index (χ3n) is 1.69. The van der Waals surface area contributed by atoms with Gasteiger partial charge in [0.2, 0.25) is 4.62 Å². The number of alkyl halides is 1. The number of aryl methyl sites for hydroxylation is 1. The summed E-state index contributed by atoms with van der Waals surface area (Å²) in [7, 11) is -3.51. The lowest BCUT2D eigenvalue weighted by atomic mass is 10.2. The van der Waals surface area contributed by atoms with Gasteiger partial charge in [0, 0.05) is 15.9 Å². The molecule has 0 fully saturated rings. The fraction of sp³-hybridized carbons (Fsp3) is 0.222. The molecule has 0 aliphatic rings. The van der Waals surface area contributed by atoms with Gasteiger partial charge in [0.05, 0.1) is 0 Å². The first-order valence-corrected chi connectivity index (χ1v) is 6.93. The molecule has 3 nitrogen and oxygen atoms in total. The second-order valence-corrected chi connectivity index (χ2v) is 5.86. The molecule has 0 saturated heterocycles. The van der Waals surface area contributed by atoms with E-state index in [-0.39, 0.29) is 27.8 Å². The lowest BCUT2D eigenvalue weighted by Crippen LogP contribution is -3.00. The van der Waals surface area contributed by atoms with E-state index < -0.39 is 10.0 Å². The SMILES string of the molecule is Cc1ccc(S(=O)(=O)/[NH+]=C(\Br)CCl)cc1.[Br-]. The molecule has 0 aliphatic heterocycles. The maximum Gasteiger partial charge on any atom is 0.393 e. The van der Waals surface area contributed by atoms with E-state index >= 15 is 0 Å². The van der Waals surface area contributed by atoms with E-state index in [1.54, 1.807) is 24.3 Å². The van der Waals surface area contributed by atoms with E-state index in [4.69, 9.17) is 11.6 Å². The maximum absolute atomic E-state index is 11.7. The Hall–Kier alpha value is 0.0900. The van der Waals surface area contributed by atoms with Gasteiger partial charge in [-0.2, -0.15) is 8.42 Å². The molecule has 0 aliphatic carbocycles. The number of sulfonamides is 1.